The van der Waals surface area contributed by atoms with Crippen LogP contribution in [-0.4, -0.2) is 41.0 Å². The van der Waals surface area contributed by atoms with Gasteiger partial charge in [0.05, 0.1) is 25.6 Å². The molecule has 1 amide bonds. The number of benzene rings is 2. The number of amides is 1. The molecule has 176 valence electrons. The zero-order valence-electron chi connectivity index (χ0n) is 19.8. The average molecular weight is 477 g/mol. The highest BCUT2D eigenvalue weighted by Crippen LogP contribution is 2.35. The number of aromatic nitrogens is 2. The Bertz CT molecular complexity index is 1380. The molecule has 2 aromatic heterocycles. The summed E-state index contributed by atoms with van der Waals surface area (Å²) in [5.41, 5.74) is 3.64. The van der Waals surface area contributed by atoms with Gasteiger partial charge in [0, 0.05) is 22.2 Å². The van der Waals surface area contributed by atoms with E-state index in [-0.39, 0.29) is 18.0 Å². The van der Waals surface area contributed by atoms with Crippen LogP contribution in [0.5, 0.6) is 5.75 Å². The Balaban J connectivity index is 1.53. The number of nitrogens with zero attached hydrogens (tertiary/aromatic N) is 2. The number of fused-ring (bicyclic) bond motifs is 1. The van der Waals surface area contributed by atoms with Crippen molar-refractivity contribution in [2.45, 2.75) is 27.3 Å². The molecule has 2 heterocycles. The number of carbonyl (C=O) groups excluding carboxylic acids is 1. The first-order valence-electron chi connectivity index (χ1n) is 11.1. The van der Waals surface area contributed by atoms with E-state index in [1.54, 1.807) is 13.2 Å². The normalized spacial score (nSPS) is 11.2. The molecule has 0 aliphatic heterocycles. The number of carbonyl (C=O) groups is 1. The van der Waals surface area contributed by atoms with Crippen LogP contribution >= 0.6 is 11.3 Å². The number of anilines is 1. The van der Waals surface area contributed by atoms with Crippen LogP contribution < -0.4 is 15.6 Å². The van der Waals surface area contributed by atoms with Crippen molar-refractivity contribution < 1.29 is 9.53 Å². The molecule has 2 aromatic carbocycles. The van der Waals surface area contributed by atoms with E-state index in [1.807, 2.05) is 68.1 Å². The molecule has 7 nitrogen and oxygen atoms in total. The van der Waals surface area contributed by atoms with Gasteiger partial charge in [-0.3, -0.25) is 14.5 Å². The number of rotatable bonds is 8. The van der Waals surface area contributed by atoms with Crippen LogP contribution in [0.25, 0.3) is 21.3 Å². The van der Waals surface area contributed by atoms with Gasteiger partial charge in [-0.1, -0.05) is 42.8 Å². The van der Waals surface area contributed by atoms with Crippen molar-refractivity contribution in [3.8, 4) is 16.9 Å². The summed E-state index contributed by atoms with van der Waals surface area (Å²) < 4.78 is 5.20. The Morgan fingerprint density at radius 3 is 2.65 bits per heavy atom. The fraction of sp³-hybridized carbons (Fsp3) is 0.269. The maximum Gasteiger partial charge on any atom is 0.260 e. The molecule has 0 bridgehead atoms. The first-order chi connectivity index (χ1) is 16.4. The van der Waals surface area contributed by atoms with E-state index in [0.717, 1.165) is 16.0 Å². The molecular weight excluding hydrogens is 448 g/mol. The highest BCUT2D eigenvalue weighted by Gasteiger charge is 2.18. The van der Waals surface area contributed by atoms with Crippen molar-refractivity contribution in [2.24, 2.45) is 0 Å². The molecule has 0 saturated heterocycles. The highest BCUT2D eigenvalue weighted by molar-refractivity contribution is 7.19. The third-order valence-electron chi connectivity index (χ3n) is 5.67. The van der Waals surface area contributed by atoms with Gasteiger partial charge < -0.3 is 15.0 Å². The Kier molecular flexibility index (Phi) is 7.09. The summed E-state index contributed by atoms with van der Waals surface area (Å²) in [7, 11) is 1.59. The molecule has 4 aromatic rings. The predicted octanol–water partition coefficient (Wildman–Crippen LogP) is 4.74. The SMILES string of the molecule is CCN(CC(=O)Nc1cccc(OC)c1)Cc1nc2sc(C)c(-c3ccc(C)cc3)c2c(=O)[nH]1. The molecule has 0 atom stereocenters. The molecule has 0 spiro atoms. The molecular formula is C26H28N4O3S. The maximum absolute atomic E-state index is 13.1. The topological polar surface area (TPSA) is 87.3 Å². The van der Waals surface area contributed by atoms with Crippen molar-refractivity contribution in [1.29, 1.82) is 0 Å². The first-order valence-corrected chi connectivity index (χ1v) is 11.9. The number of likely N-dealkylation sites (N-methyl/N-ethyl adjacent to an activating group) is 1. The largest absolute Gasteiger partial charge is 0.497 e. The molecule has 0 radical (unpaired) electrons. The minimum absolute atomic E-state index is 0.146. The van der Waals surface area contributed by atoms with Crippen molar-refractivity contribution >= 4 is 33.1 Å². The van der Waals surface area contributed by atoms with Gasteiger partial charge in [0.2, 0.25) is 5.91 Å². The maximum atomic E-state index is 13.1. The number of aromatic amines is 1. The van der Waals surface area contributed by atoms with E-state index in [9.17, 15) is 9.59 Å². The molecule has 0 aliphatic rings. The quantitative estimate of drug-likeness (QED) is 0.384. The lowest BCUT2D eigenvalue weighted by molar-refractivity contribution is -0.117. The summed E-state index contributed by atoms with van der Waals surface area (Å²) in [4.78, 5) is 37.0. The summed E-state index contributed by atoms with van der Waals surface area (Å²) in [6.45, 7) is 7.20. The van der Waals surface area contributed by atoms with Crippen LogP contribution in [0.2, 0.25) is 0 Å². The van der Waals surface area contributed by atoms with Crippen molar-refractivity contribution in [2.75, 3.05) is 25.5 Å². The number of H-pyrrole nitrogens is 1. The summed E-state index contributed by atoms with van der Waals surface area (Å²) in [5, 5.41) is 3.51. The van der Waals surface area contributed by atoms with Gasteiger partial charge in [-0.2, -0.15) is 0 Å². The number of nitrogens with one attached hydrogen (secondary N) is 2. The number of aryl methyl sites for hydroxylation is 2. The lowest BCUT2D eigenvalue weighted by Gasteiger charge is -2.19. The number of hydrogen-bond acceptors (Lipinski definition) is 6. The van der Waals surface area contributed by atoms with Crippen molar-refractivity contribution in [3.05, 3.63) is 75.1 Å². The minimum atomic E-state index is -0.156. The van der Waals surface area contributed by atoms with Crippen LogP contribution in [0.1, 0.15) is 23.2 Å². The van der Waals surface area contributed by atoms with Gasteiger partial charge >= 0.3 is 0 Å². The third kappa shape index (κ3) is 5.18. The van der Waals surface area contributed by atoms with Crippen LogP contribution in [0, 0.1) is 13.8 Å². The fourth-order valence-corrected chi connectivity index (χ4v) is 4.97. The molecule has 0 unspecified atom stereocenters. The van der Waals surface area contributed by atoms with Crippen LogP contribution in [-0.2, 0) is 11.3 Å². The van der Waals surface area contributed by atoms with Gasteiger partial charge in [0.15, 0.2) is 0 Å². The van der Waals surface area contributed by atoms with Gasteiger partial charge in [0.1, 0.15) is 16.4 Å². The van der Waals surface area contributed by atoms with Crippen LogP contribution in [0.4, 0.5) is 5.69 Å². The Hall–Kier alpha value is -3.49. The standard InChI is InChI=1S/C26H28N4O3S/c1-5-30(15-22(31)27-19-7-6-8-20(13-19)33-4)14-21-28-25(32)24-23(17(3)34-26(24)29-21)18-11-9-16(2)10-12-18/h6-13H,5,14-15H2,1-4H3,(H,27,31)(H,28,29,32). The molecule has 8 heteroatoms. The van der Waals surface area contributed by atoms with Crippen molar-refractivity contribution in [1.82, 2.24) is 14.9 Å². The fourth-order valence-electron chi connectivity index (χ4n) is 3.90. The minimum Gasteiger partial charge on any atom is -0.497 e. The molecule has 0 fully saturated rings. The lowest BCUT2D eigenvalue weighted by atomic mass is 10.0. The second-order valence-corrected chi connectivity index (χ2v) is 9.38. The third-order valence-corrected chi connectivity index (χ3v) is 6.67. The zero-order chi connectivity index (χ0) is 24.2. The Morgan fingerprint density at radius 2 is 1.94 bits per heavy atom. The summed E-state index contributed by atoms with van der Waals surface area (Å²) in [6.07, 6.45) is 0. The van der Waals surface area contributed by atoms with Gasteiger partial charge in [-0.05, 0) is 38.1 Å². The first kappa shape index (κ1) is 23.7. The van der Waals surface area contributed by atoms with Gasteiger partial charge in [0.25, 0.3) is 5.56 Å². The monoisotopic (exact) mass is 476 g/mol. The number of ether oxygens (including phenoxy) is 1. The van der Waals surface area contributed by atoms with Crippen molar-refractivity contribution in [3.63, 3.8) is 0 Å². The molecule has 34 heavy (non-hydrogen) atoms. The predicted molar refractivity (Wildman–Crippen MR) is 138 cm³/mol. The highest BCUT2D eigenvalue weighted by atomic mass is 32.1. The van der Waals surface area contributed by atoms with E-state index < -0.39 is 0 Å². The van der Waals surface area contributed by atoms with Gasteiger partial charge in [-0.15, -0.1) is 11.3 Å². The second-order valence-electron chi connectivity index (χ2n) is 8.18. The summed E-state index contributed by atoms with van der Waals surface area (Å²) in [5.74, 6) is 1.08. The van der Waals surface area contributed by atoms with Crippen LogP contribution in [0.3, 0.4) is 0 Å². The molecule has 0 saturated carbocycles. The van der Waals surface area contributed by atoms with E-state index in [4.69, 9.17) is 9.72 Å². The number of thiophene rings is 1. The Morgan fingerprint density at radius 1 is 1.18 bits per heavy atom. The Labute approximate surface area is 202 Å². The second kappa shape index (κ2) is 10.2. The zero-order valence-corrected chi connectivity index (χ0v) is 20.6. The van der Waals surface area contributed by atoms with Crippen LogP contribution in [0.15, 0.2) is 53.3 Å². The summed E-state index contributed by atoms with van der Waals surface area (Å²) >= 11 is 1.52. The van der Waals surface area contributed by atoms with E-state index in [1.165, 1.54) is 16.9 Å². The smallest absolute Gasteiger partial charge is 0.260 e. The summed E-state index contributed by atoms with van der Waals surface area (Å²) in [6, 6.07) is 15.4. The molecule has 0 aliphatic carbocycles. The molecule has 2 N–H and O–H groups in total. The number of hydrogen-bond donors (Lipinski definition) is 2. The lowest BCUT2D eigenvalue weighted by Crippen LogP contribution is -2.33. The molecule has 4 rings (SSSR count). The van der Waals surface area contributed by atoms with E-state index in [0.29, 0.717) is 40.6 Å². The van der Waals surface area contributed by atoms with E-state index in [2.05, 4.69) is 10.3 Å². The van der Waals surface area contributed by atoms with Gasteiger partial charge in [-0.25, -0.2) is 4.98 Å². The average Bonchev–Trinajstić information content (AvgIpc) is 3.15. The van der Waals surface area contributed by atoms with E-state index >= 15 is 0 Å². The number of methoxy groups -OCH3 is 1.